The number of nitrogens with zero attached hydrogens (tertiary/aromatic N) is 2. The van der Waals surface area contributed by atoms with Crippen LogP contribution in [0.25, 0.3) is 21.3 Å². The molecule has 0 aliphatic carbocycles. The molecule has 4 aromatic rings. The molecule has 123 heavy (non-hydrogen) atoms. The van der Waals surface area contributed by atoms with Gasteiger partial charge in [-0.05, 0) is 35.1 Å². The molecule has 0 saturated carbocycles. The van der Waals surface area contributed by atoms with E-state index in [9.17, 15) is 30.0 Å². The Hall–Kier alpha value is 2.43. The second-order valence-electron chi connectivity index (χ2n) is 32.2. The Kier molecular flexibility index (Phi) is 52.5. The van der Waals surface area contributed by atoms with Crippen molar-refractivity contribution in [3.8, 4) is 11.1 Å². The minimum atomic E-state index is -2.18. The normalized spacial score (nSPS) is 10.1. The van der Waals surface area contributed by atoms with E-state index in [0.717, 1.165) is 22.7 Å². The third kappa shape index (κ3) is 30.5. The minimum Gasteiger partial charge on any atom is -0.478 e. The maximum Gasteiger partial charge on any atom is 0.378 e. The molecule has 0 unspecified atom stereocenters. The molecular formula is C19H11B92ClN3O6S2+. The number of thiophene rings is 1. The molecule has 2 aromatic heterocycles. The fourth-order valence-corrected chi connectivity index (χ4v) is 21.5. The number of anilines is 1. The number of nitrogens with one attached hydrogen (secondary N) is 1. The van der Waals surface area contributed by atoms with Gasteiger partial charge in [0.25, 0.3) is 11.2 Å². The standard InChI is InChI=1S/C19H10ClN3O6S2.B92/c20-10-6-4-9(5-7-10)11-8-30-17(14(11)19(25)26)21-16(24)18-22(27)12-2-1-3-13(23(28)29)15(12)31-18;1-48(2)71(47)83(72(49(3)4)50(5)6)89(84(73(51(7)8)52(9)10)74(53(11)12)54(13)14)92(90(85(75(55(15)16)56(17)18)76(57(19)20)58(21)22)86(77(59(23)24)60(25)26)78(61(27)28)62(29)30)91(87(79(63(31)32)64(33)34)80(65(35)36)66(37)38)88(81(67(39)40)68(41)42)82(69(43)44)70(45)46/h1-8H,(H2-,21,24,25,26,27);/p+1. The highest BCUT2D eigenvalue weighted by Crippen LogP contribution is 2.38. The van der Waals surface area contributed by atoms with Gasteiger partial charge in [-0.15, -0.1) is 11.3 Å². The quantitative estimate of drug-likeness (QED) is 0.0133. The number of carbonyl (C=O) groups is 2. The zero-order chi connectivity index (χ0) is 95.3. The summed E-state index contributed by atoms with van der Waals surface area (Å²) in [7, 11) is 330. The van der Waals surface area contributed by atoms with Crippen LogP contribution in [-0.2, 0) is 0 Å². The Bertz CT molecular complexity index is 3430. The average Bonchev–Trinajstić information content (AvgIpc) is 0.886. The summed E-state index contributed by atoms with van der Waals surface area (Å²) in [5.41, 5.74) is 0.728. The number of carboxylic acid groups (broad SMARTS) is 1. The smallest absolute Gasteiger partial charge is 0.378 e. The van der Waals surface area contributed by atoms with E-state index >= 15 is 0 Å². The first-order chi connectivity index (χ1) is 56.6. The van der Waals surface area contributed by atoms with E-state index in [0.29, 0.717) is 20.9 Å². The third-order valence-electron chi connectivity index (χ3n) is 23.9. The SMILES string of the molecule is O=C(O)c1c(-c2ccc(Cl)cc2)csc1NC(=O)c1sc2c([N+](=O)[O-])cccc2[n+]1O.[B]B([B])B([B])B(B(B([B])[B])B([B])[B])B(B(B(B([B])[B])B([B])[B])B(B([B])[B])B([B])[B])B(B(B(B(B([B])[B])B([B])[B])B(B([B])[B])B([B])[B])B(B(B([B])[B])B([B])[B])B(B([B])[B])B([B])[B])B(B(B(B([B])[B])B([B])[B])B(B([B])[B])B([B])[B])B(B(B([B])[B])B([B])[B])B(B([B])[B])B([B])[B]. The van der Waals surface area contributed by atoms with Crippen molar-refractivity contribution in [1.29, 1.82) is 0 Å². The molecule has 2 heterocycles. The van der Waals surface area contributed by atoms with E-state index in [-0.39, 0.29) is 31.5 Å². The summed E-state index contributed by atoms with van der Waals surface area (Å²) in [6, 6.07) is 10.7. The van der Waals surface area contributed by atoms with E-state index in [4.69, 9.17) is 375 Å². The summed E-state index contributed by atoms with van der Waals surface area (Å²) < 4.78 is 0.669. The number of halogens is 1. The molecule has 0 fully saturated rings. The van der Waals surface area contributed by atoms with Gasteiger partial charge in [-0.3, -0.25) is 20.1 Å². The van der Waals surface area contributed by atoms with Crippen LogP contribution in [0.4, 0.5) is 10.7 Å². The van der Waals surface area contributed by atoms with E-state index in [1.807, 2.05) is 0 Å². The lowest BCUT2D eigenvalue weighted by Gasteiger charge is -2.62. The Balaban J connectivity index is 0.00000103. The Morgan fingerprint density at radius 3 is 0.789 bits per heavy atom. The predicted molar refractivity (Wildman–Crippen MR) is 645 cm³/mol. The number of non-ortho nitro benzene ring substituents is 1. The van der Waals surface area contributed by atoms with Gasteiger partial charge in [-0.1, -0.05) is 23.7 Å². The molecule has 94 radical (unpaired) electrons. The molecule has 104 heteroatoms. The highest BCUT2D eigenvalue weighted by molar-refractivity contribution is 8.43. The number of rotatable bonds is 49. The lowest BCUT2D eigenvalue weighted by atomic mass is 8.19. The first kappa shape index (κ1) is 120. The van der Waals surface area contributed by atoms with Crippen LogP contribution in [0.2, 0.25) is 5.02 Å². The molecule has 2 aromatic carbocycles. The van der Waals surface area contributed by atoms with Crippen LogP contribution in [0.1, 0.15) is 20.2 Å². The summed E-state index contributed by atoms with van der Waals surface area (Å²) in [4.78, 5) is 35.3. The molecule has 0 aliphatic rings. The fraction of sp³-hybridized carbons (Fsp3) is 0. The van der Waals surface area contributed by atoms with Crippen LogP contribution < -0.4 is 10.0 Å². The zero-order valence-electron chi connectivity index (χ0n) is 68.4. The number of aromatic nitrogens is 1. The molecule has 3 N–H and O–H groups in total. The highest BCUT2D eigenvalue weighted by atomic mass is 35.5. The van der Waals surface area contributed by atoms with Gasteiger partial charge in [0.2, 0.25) is 0 Å². The van der Waals surface area contributed by atoms with Crippen molar-refractivity contribution < 1.29 is 29.6 Å². The molecule has 0 saturated heterocycles. The summed E-state index contributed by atoms with van der Waals surface area (Å²) in [6.45, 7) is 0. The maximum absolute atomic E-state index is 12.8. The molecule has 9 nitrogen and oxygen atoms in total. The van der Waals surface area contributed by atoms with Crippen molar-refractivity contribution in [2.75, 3.05) is 5.32 Å². The molecule has 432 valence electrons. The fourth-order valence-electron chi connectivity index (χ4n) is 19.4. The number of thiazole rings is 1. The van der Waals surface area contributed by atoms with E-state index in [1.54, 1.807) is 29.6 Å². The number of aromatic carboxylic acids is 1. The molecule has 0 bridgehead atoms. The summed E-state index contributed by atoms with van der Waals surface area (Å²) >= 11 is 7.62. The number of nitro benzene ring substituents is 1. The van der Waals surface area contributed by atoms with Gasteiger partial charge < -0.3 is 10.4 Å². The molecule has 0 atom stereocenters. The van der Waals surface area contributed by atoms with Crippen LogP contribution in [0.3, 0.4) is 0 Å². The third-order valence-corrected chi connectivity index (χ3v) is 26.2. The number of hydrogen-bond acceptors (Lipinski definition) is 7. The van der Waals surface area contributed by atoms with Crippen molar-refractivity contribution in [3.63, 3.8) is 0 Å². The van der Waals surface area contributed by atoms with Crippen molar-refractivity contribution in [1.82, 2.24) is 0 Å². The first-order valence-corrected chi connectivity index (χ1v) is 40.9. The van der Waals surface area contributed by atoms with Gasteiger partial charge in [0.05, 0.1) is 4.92 Å². The number of fused-ring (bicyclic) bond motifs is 1. The van der Waals surface area contributed by atoms with Gasteiger partial charge in [0.1, 0.15) is 10.6 Å². The van der Waals surface area contributed by atoms with Crippen molar-refractivity contribution >= 4 is 718 Å². The van der Waals surface area contributed by atoms with E-state index in [1.165, 1.54) is 18.2 Å². The van der Waals surface area contributed by atoms with Crippen LogP contribution in [-0.4, -0.2) is 678 Å². The molecule has 4 rings (SSSR count). The topological polar surface area (TPSA) is 134 Å². The number of carbonyl (C=O) groups excluding carboxylic acids is 1. The highest BCUT2D eigenvalue weighted by Gasteiger charge is 2.68. The van der Waals surface area contributed by atoms with Crippen molar-refractivity contribution in [3.05, 3.63) is 73.6 Å². The first-order valence-electron chi connectivity index (χ1n) is 38.8. The summed E-state index contributed by atoms with van der Waals surface area (Å²) in [6.07, 6.45) is -82.0. The van der Waals surface area contributed by atoms with Gasteiger partial charge in [-0.2, -0.15) is 0 Å². The Morgan fingerprint density at radius 2 is 0.569 bits per heavy atom. The summed E-state index contributed by atoms with van der Waals surface area (Å²) in [5.74, 6) is -2.05. The van der Waals surface area contributed by atoms with Crippen molar-refractivity contribution in [2.45, 2.75) is 0 Å². The maximum atomic E-state index is 12.8. The lowest BCUT2D eigenvalue weighted by molar-refractivity contribution is -0.882. The Labute approximate surface area is 829 Å². The van der Waals surface area contributed by atoms with Gasteiger partial charge in [0, 0.05) is 684 Å². The number of nitro groups is 1. The molecule has 0 spiro atoms. The van der Waals surface area contributed by atoms with Crippen LogP contribution in [0.15, 0.2) is 47.8 Å². The Morgan fingerprint density at radius 1 is 0.341 bits per heavy atom. The second-order valence-corrected chi connectivity index (χ2v) is 34.5. The average molecular weight is 1470 g/mol. The van der Waals surface area contributed by atoms with E-state index < -0.39 is 304 Å². The number of amides is 1. The van der Waals surface area contributed by atoms with Crippen LogP contribution in [0, 0.1) is 10.1 Å². The van der Waals surface area contributed by atoms with Crippen LogP contribution >= 0.6 is 34.3 Å². The lowest BCUT2D eigenvalue weighted by Crippen LogP contribution is -3.01. The molecule has 0 aliphatic heterocycles. The number of carboxylic acids is 1. The number of benzene rings is 2. The largest absolute Gasteiger partial charge is 0.478 e. The monoisotopic (exact) mass is 1490 g/mol. The van der Waals surface area contributed by atoms with Crippen molar-refractivity contribution in [2.24, 2.45) is 0 Å². The van der Waals surface area contributed by atoms with Crippen LogP contribution in [0.5, 0.6) is 0 Å². The minimum absolute atomic E-state index is 0.0643. The zero-order valence-corrected chi connectivity index (χ0v) is 70.7. The molecular weight excluding hydrogens is 1460 g/mol. The van der Waals surface area contributed by atoms with Gasteiger partial charge in [-0.25, -0.2) is 4.79 Å². The summed E-state index contributed by atoms with van der Waals surface area (Å²) in [5, 5.41) is 35.7. The number of hydrogen-bond donors (Lipinski definition) is 3. The predicted octanol–water partition coefficient (Wildman–Crippen LogP) is -30.4. The molecule has 1 amide bonds. The van der Waals surface area contributed by atoms with E-state index in [2.05, 4.69) is 5.32 Å². The van der Waals surface area contributed by atoms with Gasteiger partial charge in [0.15, 0.2) is 4.70 Å². The van der Waals surface area contributed by atoms with Gasteiger partial charge >= 0.3 is 16.9 Å². The second kappa shape index (κ2) is 54.0.